The predicted octanol–water partition coefficient (Wildman–Crippen LogP) is 3.72. The molecule has 0 bridgehead atoms. The van der Waals surface area contributed by atoms with Crippen LogP contribution >= 0.6 is 11.6 Å². The Bertz CT molecular complexity index is 722. The summed E-state index contributed by atoms with van der Waals surface area (Å²) in [5.74, 6) is 1.73. The molecule has 1 aliphatic heterocycles. The van der Waals surface area contributed by atoms with Gasteiger partial charge in [0.2, 0.25) is 0 Å². The summed E-state index contributed by atoms with van der Waals surface area (Å²) >= 11 is 6.40. The molecule has 3 heterocycles. The van der Waals surface area contributed by atoms with Gasteiger partial charge in [-0.3, -0.25) is 0 Å². The Morgan fingerprint density at radius 3 is 2.75 bits per heavy atom. The molecule has 100 valence electrons. The summed E-state index contributed by atoms with van der Waals surface area (Å²) in [6.07, 6.45) is 5.92. The van der Waals surface area contributed by atoms with Crippen molar-refractivity contribution in [3.05, 3.63) is 41.7 Å². The number of aromatic nitrogens is 2. The van der Waals surface area contributed by atoms with Crippen LogP contribution in [0.5, 0.6) is 0 Å². The van der Waals surface area contributed by atoms with E-state index in [4.69, 9.17) is 11.6 Å². The number of hydrogen-bond acceptors (Lipinski definition) is 4. The molecule has 5 heteroatoms. The summed E-state index contributed by atoms with van der Waals surface area (Å²) in [4.78, 5) is 15.8. The van der Waals surface area contributed by atoms with Gasteiger partial charge in [0.15, 0.2) is 5.82 Å². The van der Waals surface area contributed by atoms with Crippen LogP contribution in [0.4, 0.5) is 17.3 Å². The third-order valence-corrected chi connectivity index (χ3v) is 3.98. The molecule has 0 spiro atoms. The maximum Gasteiger partial charge on any atom is 0.160 e. The molecule has 1 fully saturated rings. The van der Waals surface area contributed by atoms with Crippen molar-refractivity contribution in [1.82, 2.24) is 9.97 Å². The van der Waals surface area contributed by atoms with Gasteiger partial charge in [-0.25, -0.2) is 15.0 Å². The quantitative estimate of drug-likeness (QED) is 0.801. The molecule has 20 heavy (non-hydrogen) atoms. The van der Waals surface area contributed by atoms with Crippen molar-refractivity contribution in [1.29, 1.82) is 0 Å². The van der Waals surface area contributed by atoms with Crippen LogP contribution in [0.15, 0.2) is 35.6 Å². The SMILES string of the molecule is Cc1ccnc2c1N=C(Cl)c1cccnc1N2C1CC1. The van der Waals surface area contributed by atoms with Crippen LogP contribution in [-0.4, -0.2) is 21.2 Å². The van der Waals surface area contributed by atoms with E-state index in [9.17, 15) is 0 Å². The van der Waals surface area contributed by atoms with Gasteiger partial charge in [-0.15, -0.1) is 0 Å². The number of aryl methyl sites for hydroxylation is 1. The molecule has 4 nitrogen and oxygen atoms in total. The summed E-state index contributed by atoms with van der Waals surface area (Å²) in [5.41, 5.74) is 2.80. The van der Waals surface area contributed by atoms with E-state index < -0.39 is 0 Å². The normalized spacial score (nSPS) is 17.1. The fourth-order valence-electron chi connectivity index (χ4n) is 2.54. The van der Waals surface area contributed by atoms with Crippen LogP contribution in [0.3, 0.4) is 0 Å². The minimum atomic E-state index is 0.453. The van der Waals surface area contributed by atoms with E-state index in [1.165, 1.54) is 0 Å². The van der Waals surface area contributed by atoms with Gasteiger partial charge in [0, 0.05) is 18.4 Å². The monoisotopic (exact) mass is 284 g/mol. The molecule has 0 amide bonds. The summed E-state index contributed by atoms with van der Waals surface area (Å²) in [5, 5.41) is 0.480. The first kappa shape index (κ1) is 11.9. The van der Waals surface area contributed by atoms with Gasteiger partial charge in [-0.05, 0) is 43.5 Å². The van der Waals surface area contributed by atoms with Crippen molar-refractivity contribution in [3.63, 3.8) is 0 Å². The molecule has 1 saturated carbocycles. The highest BCUT2D eigenvalue weighted by Crippen LogP contribution is 2.45. The molecule has 0 saturated heterocycles. The van der Waals surface area contributed by atoms with Crippen LogP contribution in [0, 0.1) is 6.92 Å². The molecule has 2 aromatic rings. The number of pyridine rings is 2. The van der Waals surface area contributed by atoms with Crippen molar-refractivity contribution >= 4 is 34.1 Å². The average Bonchev–Trinajstić information content (AvgIpc) is 3.27. The summed E-state index contributed by atoms with van der Waals surface area (Å²) < 4.78 is 0. The number of halogens is 1. The molecule has 0 aromatic carbocycles. The van der Waals surface area contributed by atoms with Crippen LogP contribution in [-0.2, 0) is 0 Å². The average molecular weight is 285 g/mol. The van der Waals surface area contributed by atoms with Crippen LogP contribution in [0.2, 0.25) is 0 Å². The lowest BCUT2D eigenvalue weighted by Gasteiger charge is -2.23. The highest BCUT2D eigenvalue weighted by Gasteiger charge is 2.36. The van der Waals surface area contributed by atoms with E-state index in [0.29, 0.717) is 11.2 Å². The van der Waals surface area contributed by atoms with E-state index in [0.717, 1.165) is 41.3 Å². The first-order valence-corrected chi connectivity index (χ1v) is 7.08. The lowest BCUT2D eigenvalue weighted by atomic mass is 10.2. The lowest BCUT2D eigenvalue weighted by molar-refractivity contribution is 0.918. The van der Waals surface area contributed by atoms with Crippen LogP contribution in [0.25, 0.3) is 0 Å². The van der Waals surface area contributed by atoms with Gasteiger partial charge in [-0.1, -0.05) is 11.6 Å². The van der Waals surface area contributed by atoms with E-state index in [1.807, 2.05) is 31.3 Å². The number of anilines is 2. The van der Waals surface area contributed by atoms with Crippen molar-refractivity contribution in [3.8, 4) is 0 Å². The van der Waals surface area contributed by atoms with Crippen molar-refractivity contribution < 1.29 is 0 Å². The van der Waals surface area contributed by atoms with Gasteiger partial charge in [0.1, 0.15) is 16.7 Å². The van der Waals surface area contributed by atoms with Gasteiger partial charge >= 0.3 is 0 Å². The smallest absolute Gasteiger partial charge is 0.160 e. The van der Waals surface area contributed by atoms with E-state index in [-0.39, 0.29) is 0 Å². The molecule has 4 rings (SSSR count). The minimum absolute atomic E-state index is 0.453. The Kier molecular flexibility index (Phi) is 2.54. The summed E-state index contributed by atoms with van der Waals surface area (Å²) in [6, 6.07) is 6.26. The van der Waals surface area contributed by atoms with E-state index in [2.05, 4.69) is 19.9 Å². The zero-order valence-electron chi connectivity index (χ0n) is 11.0. The van der Waals surface area contributed by atoms with Gasteiger partial charge in [0.05, 0.1) is 5.56 Å². The maximum absolute atomic E-state index is 6.40. The van der Waals surface area contributed by atoms with Crippen LogP contribution < -0.4 is 4.90 Å². The maximum atomic E-state index is 6.40. The molecular weight excluding hydrogens is 272 g/mol. The molecule has 2 aromatic heterocycles. The molecule has 0 atom stereocenters. The number of fused-ring (bicyclic) bond motifs is 2. The number of rotatable bonds is 1. The van der Waals surface area contributed by atoms with Crippen molar-refractivity contribution in [2.24, 2.45) is 4.99 Å². The minimum Gasteiger partial charge on any atom is -0.305 e. The van der Waals surface area contributed by atoms with Crippen molar-refractivity contribution in [2.75, 3.05) is 4.90 Å². The highest BCUT2D eigenvalue weighted by molar-refractivity contribution is 6.70. The number of nitrogens with zero attached hydrogens (tertiary/aromatic N) is 4. The first-order chi connectivity index (χ1) is 9.75. The molecule has 0 unspecified atom stereocenters. The van der Waals surface area contributed by atoms with E-state index >= 15 is 0 Å². The molecule has 2 aliphatic rings. The van der Waals surface area contributed by atoms with Gasteiger partial charge in [0.25, 0.3) is 0 Å². The summed E-state index contributed by atoms with van der Waals surface area (Å²) in [7, 11) is 0. The largest absolute Gasteiger partial charge is 0.305 e. The Balaban J connectivity index is 2.04. The Labute approximate surface area is 122 Å². The third-order valence-electron chi connectivity index (χ3n) is 3.69. The Morgan fingerprint density at radius 1 is 1.15 bits per heavy atom. The number of hydrogen-bond donors (Lipinski definition) is 0. The van der Waals surface area contributed by atoms with Gasteiger partial charge in [-0.2, -0.15) is 0 Å². The topological polar surface area (TPSA) is 41.4 Å². The lowest BCUT2D eigenvalue weighted by Crippen LogP contribution is -2.22. The second-order valence-electron chi connectivity index (χ2n) is 5.18. The fraction of sp³-hybridized carbons (Fsp3) is 0.267. The highest BCUT2D eigenvalue weighted by atomic mass is 35.5. The van der Waals surface area contributed by atoms with Gasteiger partial charge < -0.3 is 4.90 Å². The second-order valence-corrected chi connectivity index (χ2v) is 5.54. The standard InChI is InChI=1S/C15H13ClN4/c1-9-6-8-18-15-12(9)19-13(16)11-3-2-7-17-14(11)20(15)10-4-5-10/h2-3,6-8,10H,4-5H2,1H3. The zero-order chi connectivity index (χ0) is 13.7. The Hall–Kier alpha value is -1.94. The summed E-state index contributed by atoms with van der Waals surface area (Å²) in [6.45, 7) is 2.03. The second kappa shape index (κ2) is 4.28. The zero-order valence-corrected chi connectivity index (χ0v) is 11.8. The molecule has 1 aliphatic carbocycles. The van der Waals surface area contributed by atoms with E-state index in [1.54, 1.807) is 6.20 Å². The fourth-order valence-corrected chi connectivity index (χ4v) is 2.77. The molecule has 0 N–H and O–H groups in total. The predicted molar refractivity (Wildman–Crippen MR) is 80.4 cm³/mol. The molecule has 0 radical (unpaired) electrons. The Morgan fingerprint density at radius 2 is 1.95 bits per heavy atom. The van der Waals surface area contributed by atoms with Crippen molar-refractivity contribution in [2.45, 2.75) is 25.8 Å². The third kappa shape index (κ3) is 1.72. The first-order valence-electron chi connectivity index (χ1n) is 6.70. The number of aliphatic imine (C=N–C) groups is 1. The molecular formula is C15H13ClN4. The van der Waals surface area contributed by atoms with Crippen LogP contribution in [0.1, 0.15) is 24.0 Å².